The van der Waals surface area contributed by atoms with E-state index < -0.39 is 0 Å². The highest BCUT2D eigenvalue weighted by Crippen LogP contribution is 2.11. The van der Waals surface area contributed by atoms with Gasteiger partial charge >= 0.3 is 0 Å². The molecule has 0 atom stereocenters. The van der Waals surface area contributed by atoms with Crippen molar-refractivity contribution in [3.8, 4) is 11.4 Å². The van der Waals surface area contributed by atoms with E-state index in [-0.39, 0.29) is 12.6 Å². The lowest BCUT2D eigenvalue weighted by atomic mass is 10.2. The second kappa shape index (κ2) is 7.05. The maximum Gasteiger partial charge on any atom is 0.271 e. The summed E-state index contributed by atoms with van der Waals surface area (Å²) in [6, 6.07) is 11.2. The maximum atomic E-state index is 11.8. The molecule has 0 aliphatic carbocycles. The van der Waals surface area contributed by atoms with E-state index in [0.29, 0.717) is 23.8 Å². The van der Waals surface area contributed by atoms with Crippen LogP contribution in [0.1, 0.15) is 10.5 Å². The van der Waals surface area contributed by atoms with Crippen molar-refractivity contribution in [3.05, 3.63) is 48.3 Å². The summed E-state index contributed by atoms with van der Waals surface area (Å²) in [5.74, 6) is 0.899. The van der Waals surface area contributed by atoms with Crippen molar-refractivity contribution in [1.82, 2.24) is 35.3 Å². The predicted octanol–water partition coefficient (Wildman–Crippen LogP) is 0.702. The first kappa shape index (κ1) is 15.2. The molecule has 0 saturated carbocycles. The number of carbonyl (C=O) groups is 1. The summed E-state index contributed by atoms with van der Waals surface area (Å²) in [6.45, 7) is 0.777. The fourth-order valence-corrected chi connectivity index (χ4v) is 2.07. The van der Waals surface area contributed by atoms with Gasteiger partial charge in [0, 0.05) is 24.1 Å². The van der Waals surface area contributed by atoms with E-state index in [1.54, 1.807) is 16.9 Å². The number of benzene rings is 1. The number of thiol groups is 1. The number of nitrogens with zero attached hydrogens (tertiary/aromatic N) is 6. The highest BCUT2D eigenvalue weighted by Gasteiger charge is 2.10. The Morgan fingerprint density at radius 2 is 2.00 bits per heavy atom. The van der Waals surface area contributed by atoms with Gasteiger partial charge in [0.2, 0.25) is 5.82 Å². The average molecular weight is 329 g/mol. The van der Waals surface area contributed by atoms with Gasteiger partial charge in [0.05, 0.1) is 0 Å². The third kappa shape index (κ3) is 3.75. The van der Waals surface area contributed by atoms with Crippen molar-refractivity contribution in [2.45, 2.75) is 6.67 Å². The van der Waals surface area contributed by atoms with Gasteiger partial charge < -0.3 is 5.32 Å². The van der Waals surface area contributed by atoms with Crippen molar-refractivity contribution >= 4 is 18.5 Å². The van der Waals surface area contributed by atoms with E-state index in [1.807, 2.05) is 30.3 Å². The van der Waals surface area contributed by atoms with Gasteiger partial charge in [-0.3, -0.25) is 4.79 Å². The van der Waals surface area contributed by atoms with Gasteiger partial charge in [-0.15, -0.1) is 15.0 Å². The Balaban J connectivity index is 1.67. The molecule has 0 aliphatic rings. The summed E-state index contributed by atoms with van der Waals surface area (Å²) in [5.41, 5.74) is 1.24. The molecule has 2 aromatic heterocycles. The highest BCUT2D eigenvalue weighted by atomic mass is 32.1. The molecule has 1 aromatic carbocycles. The van der Waals surface area contributed by atoms with Gasteiger partial charge in [-0.1, -0.05) is 30.3 Å². The molecule has 9 heteroatoms. The van der Waals surface area contributed by atoms with Gasteiger partial charge in [-0.25, -0.2) is 4.68 Å². The molecule has 0 unspecified atom stereocenters. The molecular formula is C14H15N7OS. The summed E-state index contributed by atoms with van der Waals surface area (Å²) in [7, 11) is 0. The van der Waals surface area contributed by atoms with Gasteiger partial charge in [0.1, 0.15) is 5.69 Å². The second-order valence-electron chi connectivity index (χ2n) is 4.71. The summed E-state index contributed by atoms with van der Waals surface area (Å²) >= 11 is 4.04. The average Bonchev–Trinajstić information content (AvgIpc) is 3.23. The molecule has 3 aromatic rings. The maximum absolute atomic E-state index is 11.8. The lowest BCUT2D eigenvalue weighted by molar-refractivity contribution is 0.0950. The van der Waals surface area contributed by atoms with Crippen LogP contribution in [0.15, 0.2) is 42.6 Å². The van der Waals surface area contributed by atoms with E-state index in [0.717, 1.165) is 5.56 Å². The number of tetrazole rings is 1. The van der Waals surface area contributed by atoms with Crippen LogP contribution in [0.2, 0.25) is 0 Å². The topological polar surface area (TPSA) is 90.5 Å². The Labute approximate surface area is 137 Å². The molecule has 2 heterocycles. The molecule has 0 bridgehead atoms. The zero-order chi connectivity index (χ0) is 16.1. The Morgan fingerprint density at radius 3 is 2.78 bits per heavy atom. The molecule has 0 fully saturated rings. The Morgan fingerprint density at radius 1 is 1.17 bits per heavy atom. The van der Waals surface area contributed by atoms with Gasteiger partial charge in [0.25, 0.3) is 5.91 Å². The predicted molar refractivity (Wildman–Crippen MR) is 87.1 cm³/mol. The standard InChI is InChI=1S/C14H15N7OS/c22-14(15-7-9-23)12-6-8-20(17-12)10-21-18-13(16-19-21)11-4-2-1-3-5-11/h1-6,8,23H,7,9-10H2,(H,15,22). The minimum Gasteiger partial charge on any atom is -0.350 e. The molecule has 0 aliphatic heterocycles. The molecule has 8 nitrogen and oxygen atoms in total. The zero-order valence-electron chi connectivity index (χ0n) is 12.2. The number of amides is 1. The molecule has 0 radical (unpaired) electrons. The van der Waals surface area contributed by atoms with E-state index in [1.165, 1.54) is 4.80 Å². The first-order valence-electron chi connectivity index (χ1n) is 7.02. The highest BCUT2D eigenvalue weighted by molar-refractivity contribution is 7.80. The SMILES string of the molecule is O=C(NCCS)c1ccn(Cn2nnc(-c3ccccc3)n2)n1. The normalized spacial score (nSPS) is 10.7. The van der Waals surface area contributed by atoms with Crippen LogP contribution < -0.4 is 5.32 Å². The summed E-state index contributed by atoms with van der Waals surface area (Å²) in [4.78, 5) is 13.2. The molecule has 118 valence electrons. The lowest BCUT2D eigenvalue weighted by Crippen LogP contribution is -2.26. The minimum absolute atomic E-state index is 0.227. The number of nitrogens with one attached hydrogen (secondary N) is 1. The van der Waals surface area contributed by atoms with Crippen LogP contribution in [-0.2, 0) is 6.67 Å². The fourth-order valence-electron chi connectivity index (χ4n) is 1.96. The monoisotopic (exact) mass is 329 g/mol. The molecule has 23 heavy (non-hydrogen) atoms. The smallest absolute Gasteiger partial charge is 0.271 e. The van der Waals surface area contributed by atoms with Crippen LogP contribution >= 0.6 is 12.6 Å². The lowest BCUT2D eigenvalue weighted by Gasteiger charge is -2.00. The summed E-state index contributed by atoms with van der Waals surface area (Å²) in [6.07, 6.45) is 1.70. The van der Waals surface area contributed by atoms with Crippen LogP contribution in [-0.4, -0.2) is 48.2 Å². The molecule has 1 N–H and O–H groups in total. The number of rotatable bonds is 6. The zero-order valence-corrected chi connectivity index (χ0v) is 13.1. The first-order chi connectivity index (χ1) is 11.3. The van der Waals surface area contributed by atoms with Crippen LogP contribution in [0.25, 0.3) is 11.4 Å². The number of hydrogen-bond acceptors (Lipinski definition) is 6. The molecule has 0 saturated heterocycles. The third-order valence-electron chi connectivity index (χ3n) is 3.03. The Kier molecular flexibility index (Phi) is 4.67. The van der Waals surface area contributed by atoms with Crippen molar-refractivity contribution in [1.29, 1.82) is 0 Å². The van der Waals surface area contributed by atoms with E-state index in [2.05, 4.69) is 38.5 Å². The minimum atomic E-state index is -0.227. The Bertz CT molecular complexity index is 783. The van der Waals surface area contributed by atoms with Crippen molar-refractivity contribution in [2.24, 2.45) is 0 Å². The fraction of sp³-hybridized carbons (Fsp3) is 0.214. The summed E-state index contributed by atoms with van der Waals surface area (Å²) in [5, 5.41) is 19.2. The van der Waals surface area contributed by atoms with E-state index >= 15 is 0 Å². The number of aromatic nitrogens is 6. The van der Waals surface area contributed by atoms with Crippen LogP contribution in [0.5, 0.6) is 0 Å². The van der Waals surface area contributed by atoms with E-state index in [4.69, 9.17) is 0 Å². The van der Waals surface area contributed by atoms with E-state index in [9.17, 15) is 4.79 Å². The van der Waals surface area contributed by atoms with Crippen LogP contribution in [0.3, 0.4) is 0 Å². The van der Waals surface area contributed by atoms with Crippen LogP contribution in [0, 0.1) is 0 Å². The largest absolute Gasteiger partial charge is 0.350 e. The van der Waals surface area contributed by atoms with Crippen molar-refractivity contribution in [2.75, 3.05) is 12.3 Å². The summed E-state index contributed by atoms with van der Waals surface area (Å²) < 4.78 is 1.58. The van der Waals surface area contributed by atoms with Gasteiger partial charge in [0.15, 0.2) is 6.67 Å². The second-order valence-corrected chi connectivity index (χ2v) is 5.16. The first-order valence-corrected chi connectivity index (χ1v) is 7.65. The quantitative estimate of drug-likeness (QED) is 0.650. The number of carbonyl (C=O) groups excluding carboxylic acids is 1. The van der Waals surface area contributed by atoms with Crippen molar-refractivity contribution < 1.29 is 4.79 Å². The van der Waals surface area contributed by atoms with Crippen LogP contribution in [0.4, 0.5) is 0 Å². The molecule has 3 rings (SSSR count). The van der Waals surface area contributed by atoms with Gasteiger partial charge in [-0.2, -0.15) is 17.7 Å². The van der Waals surface area contributed by atoms with Crippen molar-refractivity contribution in [3.63, 3.8) is 0 Å². The number of hydrogen-bond donors (Lipinski definition) is 2. The Hall–Kier alpha value is -2.68. The molecule has 1 amide bonds. The van der Waals surface area contributed by atoms with Gasteiger partial charge in [-0.05, 0) is 11.3 Å². The molecule has 0 spiro atoms. The third-order valence-corrected chi connectivity index (χ3v) is 3.25. The molecular weight excluding hydrogens is 314 g/mol.